The van der Waals surface area contributed by atoms with Gasteiger partial charge in [0.1, 0.15) is 17.5 Å². The fourth-order valence-electron chi connectivity index (χ4n) is 3.81. The number of anilines is 2. The molecular formula is C24H21N5O2S. The molecule has 2 heterocycles. The van der Waals surface area contributed by atoms with Gasteiger partial charge >= 0.3 is 0 Å². The van der Waals surface area contributed by atoms with Gasteiger partial charge in [0.05, 0.1) is 28.0 Å². The van der Waals surface area contributed by atoms with Gasteiger partial charge in [-0.25, -0.2) is 4.98 Å². The molecule has 3 aromatic rings. The normalized spacial score (nSPS) is 12.6. The van der Waals surface area contributed by atoms with Gasteiger partial charge in [0.25, 0.3) is 5.56 Å². The first-order valence-electron chi connectivity index (χ1n) is 9.95. The smallest absolute Gasteiger partial charge is 0.262 e. The SMILES string of the molecule is C=CCn1c(SCC(=O)C(C#N)=C2N(C)c3ccccc3N2C)nc2ccccc2c1=O. The molecule has 32 heavy (non-hydrogen) atoms. The van der Waals surface area contributed by atoms with Gasteiger partial charge in [-0.15, -0.1) is 6.58 Å². The van der Waals surface area contributed by atoms with Crippen molar-refractivity contribution in [3.05, 3.63) is 82.9 Å². The van der Waals surface area contributed by atoms with Gasteiger partial charge in [-0.05, 0) is 24.3 Å². The third-order valence-electron chi connectivity index (χ3n) is 5.32. The van der Waals surface area contributed by atoms with Gasteiger partial charge in [-0.3, -0.25) is 14.2 Å². The van der Waals surface area contributed by atoms with Crippen molar-refractivity contribution in [2.45, 2.75) is 11.7 Å². The van der Waals surface area contributed by atoms with Crippen LogP contribution in [0.5, 0.6) is 0 Å². The van der Waals surface area contributed by atoms with Crippen molar-refractivity contribution in [1.82, 2.24) is 9.55 Å². The van der Waals surface area contributed by atoms with Crippen LogP contribution in [-0.2, 0) is 11.3 Å². The van der Waals surface area contributed by atoms with Gasteiger partial charge in [0, 0.05) is 20.6 Å². The number of nitriles is 1. The van der Waals surface area contributed by atoms with E-state index < -0.39 is 0 Å². The molecule has 0 fully saturated rings. The molecule has 0 bridgehead atoms. The first kappa shape index (κ1) is 21.4. The minimum atomic E-state index is -0.327. The number of fused-ring (bicyclic) bond motifs is 2. The van der Waals surface area contributed by atoms with Crippen LogP contribution in [0, 0.1) is 11.3 Å². The second-order valence-electron chi connectivity index (χ2n) is 7.24. The summed E-state index contributed by atoms with van der Waals surface area (Å²) in [6, 6.07) is 16.9. The van der Waals surface area contributed by atoms with Gasteiger partial charge in [0.15, 0.2) is 10.9 Å². The Hall–Kier alpha value is -3.83. The van der Waals surface area contributed by atoms with E-state index in [0.717, 1.165) is 23.1 Å². The number of ketones is 1. The Balaban J connectivity index is 1.67. The highest BCUT2D eigenvalue weighted by molar-refractivity contribution is 7.99. The van der Waals surface area contributed by atoms with E-state index in [1.54, 1.807) is 24.3 Å². The van der Waals surface area contributed by atoms with Crippen molar-refractivity contribution < 1.29 is 4.79 Å². The van der Waals surface area contributed by atoms with Crippen LogP contribution in [0.2, 0.25) is 0 Å². The number of carbonyl (C=O) groups is 1. The number of hydrogen-bond acceptors (Lipinski definition) is 7. The zero-order valence-electron chi connectivity index (χ0n) is 17.8. The molecule has 0 radical (unpaired) electrons. The highest BCUT2D eigenvalue weighted by Crippen LogP contribution is 2.40. The lowest BCUT2D eigenvalue weighted by Gasteiger charge is -2.20. The van der Waals surface area contributed by atoms with Crippen LogP contribution in [0.3, 0.4) is 0 Å². The molecular weight excluding hydrogens is 422 g/mol. The van der Waals surface area contributed by atoms with Gasteiger partial charge in [-0.2, -0.15) is 5.26 Å². The lowest BCUT2D eigenvalue weighted by molar-refractivity contribution is -0.112. The van der Waals surface area contributed by atoms with Crippen LogP contribution < -0.4 is 15.4 Å². The molecule has 0 amide bonds. The Bertz CT molecular complexity index is 1340. The summed E-state index contributed by atoms with van der Waals surface area (Å²) in [6.07, 6.45) is 1.62. The van der Waals surface area contributed by atoms with Crippen LogP contribution in [0.4, 0.5) is 11.4 Å². The predicted molar refractivity (Wildman–Crippen MR) is 128 cm³/mol. The molecule has 1 aromatic heterocycles. The minimum absolute atomic E-state index is 0.0215. The van der Waals surface area contributed by atoms with Crippen molar-refractivity contribution >= 4 is 39.8 Å². The van der Waals surface area contributed by atoms with Crippen LogP contribution in [0.25, 0.3) is 10.9 Å². The minimum Gasteiger partial charge on any atom is -0.328 e. The lowest BCUT2D eigenvalue weighted by Crippen LogP contribution is -2.27. The summed E-state index contributed by atoms with van der Waals surface area (Å²) in [6.45, 7) is 4.00. The molecule has 1 aliphatic heterocycles. The van der Waals surface area contributed by atoms with Gasteiger partial charge < -0.3 is 9.80 Å². The van der Waals surface area contributed by atoms with Crippen molar-refractivity contribution in [2.24, 2.45) is 0 Å². The maximum Gasteiger partial charge on any atom is 0.262 e. The highest BCUT2D eigenvalue weighted by atomic mass is 32.2. The number of thioether (sulfide) groups is 1. The third-order valence-corrected chi connectivity index (χ3v) is 6.30. The van der Waals surface area contributed by atoms with E-state index in [4.69, 9.17) is 0 Å². The molecule has 7 nitrogen and oxygen atoms in total. The van der Waals surface area contributed by atoms with E-state index in [9.17, 15) is 14.9 Å². The number of allylic oxidation sites excluding steroid dienone is 2. The Kier molecular flexibility index (Phi) is 5.84. The second kappa shape index (κ2) is 8.73. The van der Waals surface area contributed by atoms with Crippen molar-refractivity contribution in [3.63, 3.8) is 0 Å². The summed E-state index contributed by atoms with van der Waals surface area (Å²) in [5.74, 6) is 0.188. The Morgan fingerprint density at radius 3 is 2.38 bits per heavy atom. The van der Waals surface area contributed by atoms with E-state index in [1.807, 2.05) is 54.2 Å². The molecule has 0 atom stereocenters. The zero-order valence-corrected chi connectivity index (χ0v) is 18.6. The summed E-state index contributed by atoms with van der Waals surface area (Å²) in [5, 5.41) is 10.7. The molecule has 2 aromatic carbocycles. The molecule has 0 saturated heterocycles. The average molecular weight is 444 g/mol. The predicted octanol–water partition coefficient (Wildman–Crippen LogP) is 3.57. The molecule has 0 unspecified atom stereocenters. The Labute approximate surface area is 189 Å². The fourth-order valence-corrected chi connectivity index (χ4v) is 4.69. The number of nitrogens with zero attached hydrogens (tertiary/aromatic N) is 5. The molecule has 0 aliphatic carbocycles. The monoisotopic (exact) mass is 443 g/mol. The van der Waals surface area contributed by atoms with Crippen molar-refractivity contribution in [3.8, 4) is 6.07 Å². The van der Waals surface area contributed by atoms with E-state index in [0.29, 0.717) is 21.9 Å². The number of hydrogen-bond donors (Lipinski definition) is 0. The molecule has 4 rings (SSSR count). The fraction of sp³-hybridized carbons (Fsp3) is 0.167. The first-order chi connectivity index (χ1) is 15.5. The standard InChI is InChI=1S/C24H21N5O2S/c1-4-13-29-23(31)16-9-5-6-10-18(16)26-24(29)32-15-21(30)17(14-25)22-27(2)19-11-7-8-12-20(19)28(22)3/h4-12H,1,13,15H2,2-3H3. The maximum atomic E-state index is 13.1. The van der Waals surface area contributed by atoms with Crippen LogP contribution in [0.15, 0.2) is 82.5 Å². The highest BCUT2D eigenvalue weighted by Gasteiger charge is 2.31. The molecule has 0 spiro atoms. The summed E-state index contributed by atoms with van der Waals surface area (Å²) in [4.78, 5) is 34.3. The summed E-state index contributed by atoms with van der Waals surface area (Å²) in [7, 11) is 3.67. The number of para-hydroxylation sites is 3. The van der Waals surface area contributed by atoms with Gasteiger partial charge in [0.2, 0.25) is 0 Å². The zero-order chi connectivity index (χ0) is 22.8. The topological polar surface area (TPSA) is 82.2 Å². The first-order valence-corrected chi connectivity index (χ1v) is 10.9. The second-order valence-corrected chi connectivity index (χ2v) is 8.19. The maximum absolute atomic E-state index is 13.1. The lowest BCUT2D eigenvalue weighted by atomic mass is 10.2. The van der Waals surface area contributed by atoms with Crippen LogP contribution in [0.1, 0.15) is 0 Å². The summed E-state index contributed by atoms with van der Waals surface area (Å²) < 4.78 is 1.50. The van der Waals surface area contributed by atoms with E-state index in [2.05, 4.69) is 17.6 Å². The molecule has 0 saturated carbocycles. The van der Waals surface area contributed by atoms with E-state index >= 15 is 0 Å². The third kappa shape index (κ3) is 3.57. The largest absolute Gasteiger partial charge is 0.328 e. The van der Waals surface area contributed by atoms with Crippen molar-refractivity contribution in [2.75, 3.05) is 29.6 Å². The molecule has 160 valence electrons. The molecule has 8 heteroatoms. The van der Waals surface area contributed by atoms with Gasteiger partial charge in [-0.1, -0.05) is 42.1 Å². The Morgan fingerprint density at radius 2 is 1.75 bits per heavy atom. The quantitative estimate of drug-likeness (QED) is 0.189. The summed E-state index contributed by atoms with van der Waals surface area (Å²) in [5.41, 5.74) is 2.30. The number of benzene rings is 2. The van der Waals surface area contributed by atoms with Crippen LogP contribution in [-0.4, -0.2) is 35.2 Å². The number of Topliss-reactive ketones (excluding diaryl/α,β-unsaturated/α-hetero) is 1. The summed E-state index contributed by atoms with van der Waals surface area (Å²) >= 11 is 1.15. The number of rotatable bonds is 6. The molecule has 0 N–H and O–H groups in total. The number of carbonyl (C=O) groups excluding carboxylic acids is 1. The Morgan fingerprint density at radius 1 is 1.12 bits per heavy atom. The average Bonchev–Trinajstić information content (AvgIpc) is 3.06. The van der Waals surface area contributed by atoms with E-state index in [1.165, 1.54) is 4.57 Å². The molecule has 1 aliphatic rings. The van der Waals surface area contributed by atoms with Crippen LogP contribution >= 0.6 is 11.8 Å². The number of aromatic nitrogens is 2. The van der Waals surface area contributed by atoms with Crippen molar-refractivity contribution in [1.29, 1.82) is 5.26 Å². The van der Waals surface area contributed by atoms with E-state index in [-0.39, 0.29) is 29.2 Å².